The van der Waals surface area contributed by atoms with E-state index in [1.54, 1.807) is 11.1 Å². The van der Waals surface area contributed by atoms with Gasteiger partial charge in [0.15, 0.2) is 0 Å². The van der Waals surface area contributed by atoms with E-state index in [0.29, 0.717) is 55.2 Å². The summed E-state index contributed by atoms with van der Waals surface area (Å²) in [6.07, 6.45) is 3.79. The lowest BCUT2D eigenvalue weighted by atomic mass is 10.1. The van der Waals surface area contributed by atoms with E-state index in [0.717, 1.165) is 18.4 Å². The SMILES string of the molecule is COC(=O)NC1CCCCNC(=O)Oc2cc(C)ccc2-c2cnc([nH]2)C2CCCN2C1=O. The molecular weight excluding hydrogens is 426 g/mol. The first-order valence-corrected chi connectivity index (χ1v) is 11.2. The second-order valence-electron chi connectivity index (χ2n) is 8.37. The molecular formula is C23H29N5O5. The minimum Gasteiger partial charge on any atom is -0.453 e. The lowest BCUT2D eigenvalue weighted by Gasteiger charge is -2.28. The van der Waals surface area contributed by atoms with Crippen molar-refractivity contribution in [3.63, 3.8) is 0 Å². The van der Waals surface area contributed by atoms with Gasteiger partial charge in [-0.15, -0.1) is 0 Å². The van der Waals surface area contributed by atoms with Gasteiger partial charge in [0.25, 0.3) is 0 Å². The summed E-state index contributed by atoms with van der Waals surface area (Å²) in [5.74, 6) is 0.948. The number of ether oxygens (including phenoxy) is 2. The number of imidazole rings is 1. The Morgan fingerprint density at radius 1 is 1.24 bits per heavy atom. The van der Waals surface area contributed by atoms with E-state index < -0.39 is 18.2 Å². The van der Waals surface area contributed by atoms with Crippen LogP contribution in [0.15, 0.2) is 24.4 Å². The number of benzene rings is 1. The van der Waals surface area contributed by atoms with Crippen LogP contribution in [0.1, 0.15) is 49.5 Å². The third-order valence-corrected chi connectivity index (χ3v) is 6.04. The molecule has 33 heavy (non-hydrogen) atoms. The summed E-state index contributed by atoms with van der Waals surface area (Å²) in [6.45, 7) is 2.91. The molecule has 3 amide bonds. The average Bonchev–Trinajstić information content (AvgIpc) is 3.46. The molecule has 3 N–H and O–H groups in total. The Morgan fingerprint density at radius 3 is 2.91 bits per heavy atom. The molecule has 0 radical (unpaired) electrons. The van der Waals surface area contributed by atoms with E-state index in [4.69, 9.17) is 9.47 Å². The first kappa shape index (κ1) is 22.6. The van der Waals surface area contributed by atoms with Gasteiger partial charge in [-0.25, -0.2) is 14.6 Å². The number of methoxy groups -OCH3 is 1. The minimum absolute atomic E-state index is 0.156. The molecule has 176 valence electrons. The first-order chi connectivity index (χ1) is 16.0. The molecule has 2 unspecified atom stereocenters. The fourth-order valence-electron chi connectivity index (χ4n) is 4.35. The monoisotopic (exact) mass is 455 g/mol. The molecule has 0 saturated carbocycles. The van der Waals surface area contributed by atoms with Crippen molar-refractivity contribution in [1.29, 1.82) is 0 Å². The maximum atomic E-state index is 13.4. The highest BCUT2D eigenvalue weighted by Gasteiger charge is 2.36. The summed E-state index contributed by atoms with van der Waals surface area (Å²) < 4.78 is 10.3. The van der Waals surface area contributed by atoms with Crippen molar-refractivity contribution >= 4 is 18.1 Å². The number of hydrogen-bond acceptors (Lipinski definition) is 6. The molecule has 2 aliphatic rings. The normalized spacial score (nSPS) is 21.5. The smallest absolute Gasteiger partial charge is 0.412 e. The fourth-order valence-corrected chi connectivity index (χ4v) is 4.35. The maximum Gasteiger partial charge on any atom is 0.412 e. The van der Waals surface area contributed by atoms with E-state index in [-0.39, 0.29) is 11.9 Å². The van der Waals surface area contributed by atoms with Crippen molar-refractivity contribution < 1.29 is 23.9 Å². The molecule has 10 heteroatoms. The Hall–Kier alpha value is -3.56. The number of nitrogens with zero attached hydrogens (tertiary/aromatic N) is 2. The van der Waals surface area contributed by atoms with Gasteiger partial charge in [-0.05, 0) is 56.7 Å². The molecule has 3 heterocycles. The second-order valence-corrected chi connectivity index (χ2v) is 8.37. The molecule has 0 spiro atoms. The van der Waals surface area contributed by atoms with Crippen LogP contribution in [0.3, 0.4) is 0 Å². The zero-order valence-electron chi connectivity index (χ0n) is 18.8. The van der Waals surface area contributed by atoms with Crippen molar-refractivity contribution in [3.05, 3.63) is 35.8 Å². The Labute approximate surface area is 192 Å². The van der Waals surface area contributed by atoms with Gasteiger partial charge < -0.3 is 30.0 Å². The zero-order chi connectivity index (χ0) is 23.4. The third kappa shape index (κ3) is 5.10. The van der Waals surface area contributed by atoms with Crippen molar-refractivity contribution in [2.75, 3.05) is 20.2 Å². The molecule has 10 nitrogen and oxygen atoms in total. The Bertz CT molecular complexity index is 1040. The van der Waals surface area contributed by atoms with Crippen LogP contribution < -0.4 is 15.4 Å². The topological polar surface area (TPSA) is 126 Å². The van der Waals surface area contributed by atoms with Gasteiger partial charge in [-0.2, -0.15) is 0 Å². The largest absolute Gasteiger partial charge is 0.453 e. The number of amides is 3. The zero-order valence-corrected chi connectivity index (χ0v) is 18.8. The molecule has 2 aliphatic heterocycles. The number of rotatable bonds is 1. The number of aromatic amines is 1. The van der Waals surface area contributed by atoms with Gasteiger partial charge in [-0.3, -0.25) is 4.79 Å². The van der Waals surface area contributed by atoms with E-state index in [2.05, 4.69) is 20.6 Å². The number of hydrogen-bond donors (Lipinski definition) is 3. The van der Waals surface area contributed by atoms with Crippen molar-refractivity contribution in [1.82, 2.24) is 25.5 Å². The van der Waals surface area contributed by atoms with Gasteiger partial charge in [0.1, 0.15) is 17.6 Å². The summed E-state index contributed by atoms with van der Waals surface area (Å²) >= 11 is 0. The van der Waals surface area contributed by atoms with Crippen LogP contribution in [-0.4, -0.2) is 59.2 Å². The predicted octanol–water partition coefficient (Wildman–Crippen LogP) is 3.05. The number of alkyl carbamates (subject to hydrolysis) is 1. The van der Waals surface area contributed by atoms with Crippen LogP contribution in [-0.2, 0) is 9.53 Å². The number of H-pyrrole nitrogens is 1. The number of nitrogens with one attached hydrogen (secondary N) is 3. The minimum atomic E-state index is -0.712. The molecule has 2 aromatic rings. The van der Waals surface area contributed by atoms with Gasteiger partial charge in [0.2, 0.25) is 5.91 Å². The van der Waals surface area contributed by atoms with Crippen molar-refractivity contribution in [2.24, 2.45) is 0 Å². The molecule has 0 aliphatic carbocycles. The first-order valence-electron chi connectivity index (χ1n) is 11.2. The van der Waals surface area contributed by atoms with E-state index >= 15 is 0 Å². The maximum absolute atomic E-state index is 13.4. The van der Waals surface area contributed by atoms with Gasteiger partial charge >= 0.3 is 12.2 Å². The standard InChI is InChI=1S/C23H29N5O5/c1-14-8-9-15-17-13-25-20(26-17)18-7-5-11-28(18)21(29)16(27-23(31)32-2)6-3-4-10-24-22(30)33-19(15)12-14/h8-9,12-13,16,18H,3-7,10-11H2,1-2H3,(H,24,30)(H,25,26)(H,27,31). The summed E-state index contributed by atoms with van der Waals surface area (Å²) in [6, 6.07) is 4.70. The summed E-state index contributed by atoms with van der Waals surface area (Å²) in [5, 5.41) is 5.41. The molecule has 1 aromatic heterocycles. The van der Waals surface area contributed by atoms with E-state index in [1.807, 2.05) is 25.1 Å². The van der Waals surface area contributed by atoms with Crippen LogP contribution in [0.25, 0.3) is 11.3 Å². The second kappa shape index (κ2) is 9.93. The molecule has 1 fully saturated rings. The summed E-state index contributed by atoms with van der Waals surface area (Å²) in [4.78, 5) is 47.3. The summed E-state index contributed by atoms with van der Waals surface area (Å²) in [5.41, 5.74) is 2.37. The highest BCUT2D eigenvalue weighted by molar-refractivity contribution is 5.86. The molecule has 2 atom stereocenters. The lowest BCUT2D eigenvalue weighted by Crippen LogP contribution is -2.48. The third-order valence-electron chi connectivity index (χ3n) is 6.04. The average molecular weight is 456 g/mol. The Balaban J connectivity index is 1.68. The van der Waals surface area contributed by atoms with Crippen LogP contribution in [0, 0.1) is 6.92 Å². The van der Waals surface area contributed by atoms with Crippen molar-refractivity contribution in [2.45, 2.75) is 51.1 Å². The lowest BCUT2D eigenvalue weighted by molar-refractivity contribution is -0.134. The highest BCUT2D eigenvalue weighted by Crippen LogP contribution is 2.35. The van der Waals surface area contributed by atoms with E-state index in [9.17, 15) is 14.4 Å². The van der Waals surface area contributed by atoms with Gasteiger partial charge in [0.05, 0.1) is 25.0 Å². The summed E-state index contributed by atoms with van der Waals surface area (Å²) in [7, 11) is 1.27. The number of carbonyl (C=O) groups is 3. The number of carbonyl (C=O) groups excluding carboxylic acids is 3. The van der Waals surface area contributed by atoms with Crippen LogP contribution >= 0.6 is 0 Å². The van der Waals surface area contributed by atoms with Gasteiger partial charge in [0, 0.05) is 18.7 Å². The van der Waals surface area contributed by atoms with Crippen LogP contribution in [0.2, 0.25) is 0 Å². The quantitative estimate of drug-likeness (QED) is 0.607. The molecule has 1 saturated heterocycles. The Kier molecular flexibility index (Phi) is 6.81. The van der Waals surface area contributed by atoms with E-state index in [1.165, 1.54) is 7.11 Å². The van der Waals surface area contributed by atoms with Crippen LogP contribution in [0.5, 0.6) is 5.75 Å². The van der Waals surface area contributed by atoms with Crippen molar-refractivity contribution in [3.8, 4) is 17.0 Å². The molecule has 4 rings (SSSR count). The van der Waals surface area contributed by atoms with Crippen LogP contribution in [0.4, 0.5) is 9.59 Å². The molecule has 2 bridgehead atoms. The van der Waals surface area contributed by atoms with Gasteiger partial charge in [-0.1, -0.05) is 6.07 Å². The highest BCUT2D eigenvalue weighted by atomic mass is 16.6. The number of fused-ring (bicyclic) bond motifs is 6. The Morgan fingerprint density at radius 2 is 2.09 bits per heavy atom. The predicted molar refractivity (Wildman–Crippen MR) is 120 cm³/mol. The number of aryl methyl sites for hydroxylation is 1. The molecule has 1 aromatic carbocycles. The number of aromatic nitrogens is 2. The fraction of sp³-hybridized carbons (Fsp3) is 0.478.